The van der Waals surface area contributed by atoms with Crippen molar-refractivity contribution < 1.29 is 9.63 Å². The first-order chi connectivity index (χ1) is 13.7. The molecule has 0 spiro atoms. The predicted octanol–water partition coefficient (Wildman–Crippen LogP) is 4.26. The fraction of sp³-hybridized carbons (Fsp3) is 0.136. The number of hydrogen-bond acceptors (Lipinski definition) is 5. The standard InChI is InChI=1S/C22H21N3O2S/c23-27-22(26)21-10-9-20(28-21)16-7-5-15(6-8-16)13-24-12-11-17-14-25-19-4-2-1-3-18(17)19/h1-10,14,24-25H,11-13,23H2. The molecule has 2 heterocycles. The zero-order valence-corrected chi connectivity index (χ0v) is 16.1. The van der Waals surface area contributed by atoms with Crippen molar-refractivity contribution in [3.63, 3.8) is 0 Å². The summed E-state index contributed by atoms with van der Waals surface area (Å²) < 4.78 is 0. The van der Waals surface area contributed by atoms with Crippen LogP contribution in [0.2, 0.25) is 0 Å². The normalized spacial score (nSPS) is 11.0. The van der Waals surface area contributed by atoms with E-state index in [2.05, 4.69) is 63.8 Å². The fourth-order valence-electron chi connectivity index (χ4n) is 3.24. The summed E-state index contributed by atoms with van der Waals surface area (Å²) in [7, 11) is 0. The van der Waals surface area contributed by atoms with Crippen LogP contribution < -0.4 is 11.2 Å². The van der Waals surface area contributed by atoms with Gasteiger partial charge in [-0.1, -0.05) is 42.5 Å². The van der Waals surface area contributed by atoms with Gasteiger partial charge in [-0.2, -0.15) is 5.90 Å². The summed E-state index contributed by atoms with van der Waals surface area (Å²) in [6.07, 6.45) is 3.08. The Hall–Kier alpha value is -2.93. The molecule has 0 radical (unpaired) electrons. The van der Waals surface area contributed by atoms with Crippen molar-refractivity contribution in [1.82, 2.24) is 10.3 Å². The molecule has 0 bridgehead atoms. The number of nitrogens with two attached hydrogens (primary N) is 1. The lowest BCUT2D eigenvalue weighted by Crippen LogP contribution is -2.16. The highest BCUT2D eigenvalue weighted by Gasteiger charge is 2.10. The highest BCUT2D eigenvalue weighted by Crippen LogP contribution is 2.28. The first-order valence-electron chi connectivity index (χ1n) is 9.10. The maximum absolute atomic E-state index is 11.5. The lowest BCUT2D eigenvalue weighted by Gasteiger charge is -2.06. The summed E-state index contributed by atoms with van der Waals surface area (Å²) in [6.45, 7) is 1.73. The summed E-state index contributed by atoms with van der Waals surface area (Å²) in [4.78, 5) is 20.6. The van der Waals surface area contributed by atoms with Crippen LogP contribution in [0.1, 0.15) is 20.8 Å². The molecular formula is C22H21N3O2S. The average Bonchev–Trinajstić information content (AvgIpc) is 3.39. The largest absolute Gasteiger partial charge is 0.369 e. The Balaban J connectivity index is 1.31. The topological polar surface area (TPSA) is 80.1 Å². The number of benzene rings is 2. The van der Waals surface area contributed by atoms with E-state index in [4.69, 9.17) is 5.90 Å². The van der Waals surface area contributed by atoms with Crippen molar-refractivity contribution in [1.29, 1.82) is 0 Å². The Morgan fingerprint density at radius 3 is 2.71 bits per heavy atom. The number of carbonyl (C=O) groups is 1. The molecule has 5 nitrogen and oxygen atoms in total. The minimum Gasteiger partial charge on any atom is -0.369 e. The molecule has 0 fully saturated rings. The van der Waals surface area contributed by atoms with Gasteiger partial charge in [-0.15, -0.1) is 11.3 Å². The van der Waals surface area contributed by atoms with Crippen LogP contribution in [0.3, 0.4) is 0 Å². The van der Waals surface area contributed by atoms with E-state index < -0.39 is 5.97 Å². The van der Waals surface area contributed by atoms with Crippen molar-refractivity contribution in [3.8, 4) is 10.4 Å². The summed E-state index contributed by atoms with van der Waals surface area (Å²) in [5.41, 5.74) is 4.82. The summed E-state index contributed by atoms with van der Waals surface area (Å²) in [5, 5.41) is 4.80. The maximum atomic E-state index is 11.5. The van der Waals surface area contributed by atoms with Gasteiger partial charge in [-0.05, 0) is 47.9 Å². The van der Waals surface area contributed by atoms with Gasteiger partial charge in [-0.3, -0.25) is 0 Å². The van der Waals surface area contributed by atoms with Gasteiger partial charge in [0.15, 0.2) is 0 Å². The SMILES string of the molecule is NOC(=O)c1ccc(-c2ccc(CNCCc3c[nH]c4ccccc34)cc2)s1. The molecule has 0 aliphatic carbocycles. The number of aromatic amines is 1. The Morgan fingerprint density at radius 2 is 1.89 bits per heavy atom. The minimum absolute atomic E-state index is 0.500. The van der Waals surface area contributed by atoms with Crippen LogP contribution in [0.4, 0.5) is 0 Å². The van der Waals surface area contributed by atoms with E-state index in [1.807, 2.05) is 12.1 Å². The third-order valence-electron chi connectivity index (χ3n) is 4.73. The Morgan fingerprint density at radius 1 is 1.07 bits per heavy atom. The van der Waals surface area contributed by atoms with E-state index in [9.17, 15) is 4.79 Å². The van der Waals surface area contributed by atoms with Crippen LogP contribution >= 0.6 is 11.3 Å². The van der Waals surface area contributed by atoms with Crippen molar-refractivity contribution >= 4 is 28.2 Å². The van der Waals surface area contributed by atoms with E-state index in [0.29, 0.717) is 4.88 Å². The van der Waals surface area contributed by atoms with Crippen molar-refractivity contribution in [2.45, 2.75) is 13.0 Å². The van der Waals surface area contributed by atoms with Gasteiger partial charge >= 0.3 is 5.97 Å². The van der Waals surface area contributed by atoms with E-state index in [1.165, 1.54) is 33.4 Å². The summed E-state index contributed by atoms with van der Waals surface area (Å²) in [6, 6.07) is 20.4. The first-order valence-corrected chi connectivity index (χ1v) is 9.92. The lowest BCUT2D eigenvalue weighted by atomic mass is 10.1. The highest BCUT2D eigenvalue weighted by molar-refractivity contribution is 7.17. The van der Waals surface area contributed by atoms with Crippen LogP contribution in [0, 0.1) is 0 Å². The molecule has 0 saturated carbocycles. The molecule has 0 saturated heterocycles. The zero-order chi connectivity index (χ0) is 19.3. The number of H-pyrrole nitrogens is 1. The first kappa shape index (κ1) is 18.4. The molecule has 28 heavy (non-hydrogen) atoms. The van der Waals surface area contributed by atoms with Crippen LogP contribution in [-0.2, 0) is 17.8 Å². The molecule has 0 aliphatic heterocycles. The van der Waals surface area contributed by atoms with Crippen LogP contribution in [-0.4, -0.2) is 17.5 Å². The second-order valence-electron chi connectivity index (χ2n) is 6.55. The molecule has 6 heteroatoms. The molecule has 2 aromatic heterocycles. The van der Waals surface area contributed by atoms with E-state index in [-0.39, 0.29) is 0 Å². The number of para-hydroxylation sites is 1. The van der Waals surface area contributed by atoms with E-state index in [1.54, 1.807) is 6.07 Å². The second-order valence-corrected chi connectivity index (χ2v) is 7.64. The van der Waals surface area contributed by atoms with Crippen LogP contribution in [0.25, 0.3) is 21.3 Å². The Bertz CT molecular complexity index is 1080. The van der Waals surface area contributed by atoms with E-state index >= 15 is 0 Å². The molecule has 2 aromatic carbocycles. The van der Waals surface area contributed by atoms with Crippen molar-refractivity contribution in [3.05, 3.63) is 82.9 Å². The van der Waals surface area contributed by atoms with Gasteiger partial charge in [0.2, 0.25) is 0 Å². The average molecular weight is 391 g/mol. The van der Waals surface area contributed by atoms with Crippen LogP contribution in [0.5, 0.6) is 0 Å². The van der Waals surface area contributed by atoms with Gasteiger partial charge in [-0.25, -0.2) is 4.79 Å². The third-order valence-corrected chi connectivity index (χ3v) is 5.84. The number of hydrogen-bond donors (Lipinski definition) is 3. The van der Waals surface area contributed by atoms with Gasteiger partial charge in [0.25, 0.3) is 0 Å². The second kappa shape index (κ2) is 8.39. The maximum Gasteiger partial charge on any atom is 0.366 e. The number of fused-ring (bicyclic) bond motifs is 1. The Labute approximate surface area is 167 Å². The highest BCUT2D eigenvalue weighted by atomic mass is 32.1. The number of aromatic nitrogens is 1. The number of rotatable bonds is 7. The molecule has 4 aromatic rings. The molecule has 0 amide bonds. The third kappa shape index (κ3) is 3.99. The molecule has 0 atom stereocenters. The van der Waals surface area contributed by atoms with Gasteiger partial charge in [0.05, 0.1) is 0 Å². The zero-order valence-electron chi connectivity index (χ0n) is 15.3. The van der Waals surface area contributed by atoms with Crippen molar-refractivity contribution in [2.24, 2.45) is 5.90 Å². The number of nitrogens with one attached hydrogen (secondary N) is 2. The summed E-state index contributed by atoms with van der Waals surface area (Å²) >= 11 is 1.37. The molecule has 4 N–H and O–H groups in total. The predicted molar refractivity (Wildman–Crippen MR) is 113 cm³/mol. The Kier molecular flexibility index (Phi) is 5.53. The molecular weight excluding hydrogens is 370 g/mol. The summed E-state index contributed by atoms with van der Waals surface area (Å²) in [5.74, 6) is 4.43. The molecule has 0 unspecified atom stereocenters. The molecule has 4 rings (SSSR count). The van der Waals surface area contributed by atoms with E-state index in [0.717, 1.165) is 30.0 Å². The quantitative estimate of drug-likeness (QED) is 0.325. The van der Waals surface area contributed by atoms with Gasteiger partial charge in [0.1, 0.15) is 4.88 Å². The molecule has 142 valence electrons. The number of thiophene rings is 1. The minimum atomic E-state index is -0.507. The molecule has 0 aliphatic rings. The van der Waals surface area contributed by atoms with Gasteiger partial charge < -0.3 is 15.1 Å². The van der Waals surface area contributed by atoms with Crippen LogP contribution in [0.15, 0.2) is 66.9 Å². The number of carbonyl (C=O) groups excluding carboxylic acids is 1. The van der Waals surface area contributed by atoms with Crippen molar-refractivity contribution in [2.75, 3.05) is 6.54 Å². The smallest absolute Gasteiger partial charge is 0.366 e. The monoisotopic (exact) mass is 391 g/mol. The fourth-order valence-corrected chi connectivity index (χ4v) is 4.14. The van der Waals surface area contributed by atoms with Gasteiger partial charge in [0, 0.05) is 28.5 Å². The lowest BCUT2D eigenvalue weighted by molar-refractivity contribution is 0.0509.